The van der Waals surface area contributed by atoms with Crippen LogP contribution in [0.15, 0.2) is 12.2 Å². The minimum absolute atomic E-state index is 0.0320. The van der Waals surface area contributed by atoms with E-state index in [9.17, 15) is 4.79 Å². The molecule has 0 rings (SSSR count). The molecule has 1 N–H and O–H groups in total. The molecular weight excluding hydrogens is 310 g/mol. The maximum atomic E-state index is 11.7. The standard InChI is InChI=1S/C22H43NO2/c1-5-6-7-8-9-10-11-12-13-14-15-16-17-18-21(24)25-20-19-22(2,3)23-4/h10-11,23H,5-9,12-20H2,1-4H3. The van der Waals surface area contributed by atoms with E-state index in [0.717, 1.165) is 19.3 Å². The van der Waals surface area contributed by atoms with Gasteiger partial charge in [-0.3, -0.25) is 4.79 Å². The number of allylic oxidation sites excluding steroid dienone is 2. The highest BCUT2D eigenvalue weighted by Gasteiger charge is 2.15. The van der Waals surface area contributed by atoms with Crippen LogP contribution in [0.25, 0.3) is 0 Å². The number of rotatable bonds is 17. The third kappa shape index (κ3) is 17.8. The third-order valence-electron chi connectivity index (χ3n) is 4.81. The van der Waals surface area contributed by atoms with Crippen molar-refractivity contribution in [1.29, 1.82) is 0 Å². The molecular formula is C22H43NO2. The van der Waals surface area contributed by atoms with Gasteiger partial charge in [-0.2, -0.15) is 0 Å². The largest absolute Gasteiger partial charge is 0.466 e. The first-order valence-corrected chi connectivity index (χ1v) is 10.5. The molecule has 0 bridgehead atoms. The average molecular weight is 354 g/mol. The van der Waals surface area contributed by atoms with Crippen molar-refractivity contribution in [2.75, 3.05) is 13.7 Å². The monoisotopic (exact) mass is 353 g/mol. The van der Waals surface area contributed by atoms with Crippen molar-refractivity contribution in [3.05, 3.63) is 12.2 Å². The number of esters is 1. The molecule has 0 spiro atoms. The van der Waals surface area contributed by atoms with Crippen molar-refractivity contribution >= 4 is 5.97 Å². The van der Waals surface area contributed by atoms with E-state index >= 15 is 0 Å². The molecule has 0 heterocycles. The fraction of sp³-hybridized carbons (Fsp3) is 0.864. The Labute approximate surface area is 157 Å². The highest BCUT2D eigenvalue weighted by molar-refractivity contribution is 5.69. The first kappa shape index (κ1) is 24.2. The van der Waals surface area contributed by atoms with Crippen molar-refractivity contribution < 1.29 is 9.53 Å². The minimum atomic E-state index is -0.0436. The van der Waals surface area contributed by atoms with Crippen molar-refractivity contribution in [3.8, 4) is 0 Å². The lowest BCUT2D eigenvalue weighted by atomic mass is 10.0. The first-order chi connectivity index (χ1) is 12.0. The molecule has 0 amide bonds. The third-order valence-corrected chi connectivity index (χ3v) is 4.81. The van der Waals surface area contributed by atoms with Crippen molar-refractivity contribution in [3.63, 3.8) is 0 Å². The lowest BCUT2D eigenvalue weighted by Crippen LogP contribution is -2.37. The number of hydrogen-bond acceptors (Lipinski definition) is 3. The molecule has 0 aromatic carbocycles. The van der Waals surface area contributed by atoms with Gasteiger partial charge >= 0.3 is 5.97 Å². The number of nitrogens with one attached hydrogen (secondary N) is 1. The van der Waals surface area contributed by atoms with Crippen LogP contribution < -0.4 is 5.32 Å². The lowest BCUT2D eigenvalue weighted by molar-refractivity contribution is -0.144. The van der Waals surface area contributed by atoms with Crippen molar-refractivity contribution in [2.45, 2.75) is 110 Å². The second-order valence-corrected chi connectivity index (χ2v) is 7.73. The Morgan fingerprint density at radius 2 is 1.48 bits per heavy atom. The molecule has 3 heteroatoms. The van der Waals surface area contributed by atoms with Crippen LogP contribution in [-0.4, -0.2) is 25.2 Å². The Balaban J connectivity index is 3.32. The highest BCUT2D eigenvalue weighted by Crippen LogP contribution is 2.10. The maximum Gasteiger partial charge on any atom is 0.305 e. The van der Waals surface area contributed by atoms with Gasteiger partial charge in [0.2, 0.25) is 0 Å². The van der Waals surface area contributed by atoms with E-state index in [1.807, 2.05) is 7.05 Å². The van der Waals surface area contributed by atoms with Crippen LogP contribution in [0.3, 0.4) is 0 Å². The van der Waals surface area contributed by atoms with Gasteiger partial charge in [0, 0.05) is 12.0 Å². The van der Waals surface area contributed by atoms with Gasteiger partial charge in [-0.15, -0.1) is 0 Å². The van der Waals surface area contributed by atoms with Gasteiger partial charge in [0.1, 0.15) is 0 Å². The van der Waals surface area contributed by atoms with Crippen LogP contribution in [0.1, 0.15) is 104 Å². The fourth-order valence-electron chi connectivity index (χ4n) is 2.60. The molecule has 25 heavy (non-hydrogen) atoms. The van der Waals surface area contributed by atoms with E-state index in [2.05, 4.69) is 38.2 Å². The van der Waals surface area contributed by atoms with Gasteiger partial charge in [0.15, 0.2) is 0 Å². The van der Waals surface area contributed by atoms with Crippen molar-refractivity contribution in [2.24, 2.45) is 0 Å². The van der Waals surface area contributed by atoms with Crippen LogP contribution in [-0.2, 0) is 9.53 Å². The van der Waals surface area contributed by atoms with E-state index in [1.165, 1.54) is 57.8 Å². The molecule has 0 radical (unpaired) electrons. The van der Waals surface area contributed by atoms with Gasteiger partial charge in [0.05, 0.1) is 6.61 Å². The highest BCUT2D eigenvalue weighted by atomic mass is 16.5. The summed E-state index contributed by atoms with van der Waals surface area (Å²) < 4.78 is 5.30. The number of unbranched alkanes of at least 4 members (excludes halogenated alkanes) is 9. The molecule has 0 aliphatic carbocycles. The SMILES string of the molecule is CCCCCCC=CCCCCCCCC(=O)OCCC(C)(C)NC. The Morgan fingerprint density at radius 3 is 2.08 bits per heavy atom. The summed E-state index contributed by atoms with van der Waals surface area (Å²) in [4.78, 5) is 11.7. The van der Waals surface area contributed by atoms with E-state index in [0.29, 0.717) is 13.0 Å². The van der Waals surface area contributed by atoms with Gasteiger partial charge in [0.25, 0.3) is 0 Å². The Morgan fingerprint density at radius 1 is 0.920 bits per heavy atom. The Kier molecular flexibility index (Phi) is 16.1. The number of carbonyl (C=O) groups is 1. The summed E-state index contributed by atoms with van der Waals surface area (Å²) in [5, 5.41) is 3.21. The van der Waals surface area contributed by atoms with Gasteiger partial charge in [-0.25, -0.2) is 0 Å². The second-order valence-electron chi connectivity index (χ2n) is 7.73. The zero-order chi connectivity index (χ0) is 18.8. The van der Waals surface area contributed by atoms with Crippen LogP contribution >= 0.6 is 0 Å². The van der Waals surface area contributed by atoms with E-state index in [4.69, 9.17) is 4.74 Å². The number of ether oxygens (including phenoxy) is 1. The fourth-order valence-corrected chi connectivity index (χ4v) is 2.60. The topological polar surface area (TPSA) is 38.3 Å². The predicted octanol–water partition coefficient (Wildman–Crippen LogP) is 6.18. The summed E-state index contributed by atoms with van der Waals surface area (Å²) in [6.45, 7) is 6.99. The molecule has 0 fully saturated rings. The van der Waals surface area contributed by atoms with Crippen LogP contribution in [0.4, 0.5) is 0 Å². The molecule has 0 aromatic heterocycles. The lowest BCUT2D eigenvalue weighted by Gasteiger charge is -2.23. The van der Waals surface area contributed by atoms with E-state index in [-0.39, 0.29) is 11.5 Å². The van der Waals surface area contributed by atoms with Gasteiger partial charge < -0.3 is 10.1 Å². The quantitative estimate of drug-likeness (QED) is 0.193. The Bertz CT molecular complexity index is 337. The van der Waals surface area contributed by atoms with Crippen LogP contribution in [0.2, 0.25) is 0 Å². The summed E-state index contributed by atoms with van der Waals surface area (Å²) in [5.74, 6) is -0.0436. The normalized spacial score (nSPS) is 12.0. The molecule has 0 atom stereocenters. The first-order valence-electron chi connectivity index (χ1n) is 10.5. The minimum Gasteiger partial charge on any atom is -0.466 e. The Hall–Kier alpha value is -0.830. The molecule has 0 aliphatic heterocycles. The van der Waals surface area contributed by atoms with Crippen molar-refractivity contribution in [1.82, 2.24) is 5.32 Å². The average Bonchev–Trinajstić information content (AvgIpc) is 2.59. The van der Waals surface area contributed by atoms with E-state index in [1.54, 1.807) is 0 Å². The van der Waals surface area contributed by atoms with Gasteiger partial charge in [-0.05, 0) is 59.4 Å². The molecule has 0 aromatic rings. The molecule has 0 saturated carbocycles. The van der Waals surface area contributed by atoms with Crippen LogP contribution in [0, 0.1) is 0 Å². The summed E-state index contributed by atoms with van der Waals surface area (Å²) >= 11 is 0. The molecule has 3 nitrogen and oxygen atoms in total. The predicted molar refractivity (Wildman–Crippen MR) is 109 cm³/mol. The summed E-state index contributed by atoms with van der Waals surface area (Å²) in [5.41, 5.74) is 0.0320. The summed E-state index contributed by atoms with van der Waals surface area (Å²) in [6, 6.07) is 0. The maximum absolute atomic E-state index is 11.7. The smallest absolute Gasteiger partial charge is 0.305 e. The summed E-state index contributed by atoms with van der Waals surface area (Å²) in [7, 11) is 1.94. The van der Waals surface area contributed by atoms with Crippen LogP contribution in [0.5, 0.6) is 0 Å². The number of carbonyl (C=O) groups excluding carboxylic acids is 1. The number of hydrogen-bond donors (Lipinski definition) is 1. The van der Waals surface area contributed by atoms with E-state index < -0.39 is 0 Å². The zero-order valence-corrected chi connectivity index (χ0v) is 17.4. The molecule has 0 unspecified atom stereocenters. The van der Waals surface area contributed by atoms with Gasteiger partial charge in [-0.1, -0.05) is 57.6 Å². The molecule has 0 aliphatic rings. The molecule has 0 saturated heterocycles. The molecule has 148 valence electrons. The summed E-state index contributed by atoms with van der Waals surface area (Å²) in [6.07, 6.45) is 19.8. The zero-order valence-electron chi connectivity index (χ0n) is 17.4. The second kappa shape index (κ2) is 16.6.